The number of nitrogens with zero attached hydrogens (tertiary/aromatic N) is 1. The van der Waals surface area contributed by atoms with E-state index in [1.165, 1.54) is 6.07 Å². The van der Waals surface area contributed by atoms with Crippen molar-refractivity contribution in [3.8, 4) is 11.4 Å². The highest BCUT2D eigenvalue weighted by Crippen LogP contribution is 2.26. The number of pyridine rings is 1. The normalized spacial score (nSPS) is 18.0. The molecule has 6 nitrogen and oxygen atoms in total. The molecule has 6 heteroatoms. The summed E-state index contributed by atoms with van der Waals surface area (Å²) in [6.07, 6.45) is 3.38. The summed E-state index contributed by atoms with van der Waals surface area (Å²) in [5.74, 6) is -0.422. The van der Waals surface area contributed by atoms with Gasteiger partial charge in [-0.2, -0.15) is 0 Å². The number of H-pyrrole nitrogens is 2. The van der Waals surface area contributed by atoms with Crippen molar-refractivity contribution < 1.29 is 9.90 Å². The summed E-state index contributed by atoms with van der Waals surface area (Å²) in [5, 5.41) is 9.04. The van der Waals surface area contributed by atoms with E-state index in [4.69, 9.17) is 5.11 Å². The number of aryl methyl sites for hydroxylation is 1. The largest absolute Gasteiger partial charge is 0.481 e. The highest BCUT2D eigenvalue weighted by molar-refractivity contribution is 5.71. The van der Waals surface area contributed by atoms with Crippen LogP contribution in [-0.2, 0) is 17.6 Å². The first-order chi connectivity index (χ1) is 9.13. The smallest absolute Gasteiger partial charge is 0.306 e. The summed E-state index contributed by atoms with van der Waals surface area (Å²) in [7, 11) is 0. The Morgan fingerprint density at radius 2 is 2.26 bits per heavy atom. The van der Waals surface area contributed by atoms with Gasteiger partial charge in [-0.15, -0.1) is 0 Å². The molecule has 0 aromatic carbocycles. The third-order valence-corrected chi connectivity index (χ3v) is 3.45. The van der Waals surface area contributed by atoms with Crippen LogP contribution >= 0.6 is 0 Å². The lowest BCUT2D eigenvalue weighted by atomic mass is 9.90. The molecule has 0 saturated carbocycles. The molecule has 1 aliphatic carbocycles. The lowest BCUT2D eigenvalue weighted by molar-refractivity contribution is -0.142. The molecule has 3 N–H and O–H groups in total. The van der Waals surface area contributed by atoms with Crippen LogP contribution < -0.4 is 5.56 Å². The molecular formula is C13H13N3O3. The number of fused-ring (bicyclic) bond motifs is 1. The first-order valence-electron chi connectivity index (χ1n) is 6.13. The molecule has 98 valence electrons. The topological polar surface area (TPSA) is 98.8 Å². The second kappa shape index (κ2) is 4.38. The van der Waals surface area contributed by atoms with Crippen molar-refractivity contribution >= 4 is 5.97 Å². The predicted molar refractivity (Wildman–Crippen MR) is 67.8 cm³/mol. The van der Waals surface area contributed by atoms with Crippen molar-refractivity contribution in [3.05, 3.63) is 40.1 Å². The fourth-order valence-corrected chi connectivity index (χ4v) is 2.39. The van der Waals surface area contributed by atoms with Crippen molar-refractivity contribution in [1.82, 2.24) is 15.0 Å². The van der Waals surface area contributed by atoms with E-state index in [1.807, 2.05) is 0 Å². The maximum Gasteiger partial charge on any atom is 0.306 e. The van der Waals surface area contributed by atoms with E-state index in [9.17, 15) is 9.59 Å². The number of carbonyl (C=O) groups is 1. The number of nitrogens with one attached hydrogen (secondary N) is 2. The van der Waals surface area contributed by atoms with E-state index in [1.54, 1.807) is 12.3 Å². The summed E-state index contributed by atoms with van der Waals surface area (Å²) in [5.41, 5.74) is 2.45. The van der Waals surface area contributed by atoms with Crippen LogP contribution in [-0.4, -0.2) is 26.0 Å². The Morgan fingerprint density at radius 3 is 2.95 bits per heavy atom. The second-order valence-corrected chi connectivity index (χ2v) is 4.73. The molecule has 0 aliphatic heterocycles. The second-order valence-electron chi connectivity index (χ2n) is 4.73. The Balaban J connectivity index is 1.93. The number of aromatic nitrogens is 3. The average molecular weight is 259 g/mol. The third-order valence-electron chi connectivity index (χ3n) is 3.45. The van der Waals surface area contributed by atoms with Gasteiger partial charge in [-0.25, -0.2) is 4.98 Å². The molecule has 0 bridgehead atoms. The van der Waals surface area contributed by atoms with Crippen LogP contribution in [0.3, 0.4) is 0 Å². The Hall–Kier alpha value is -2.37. The molecule has 2 aromatic rings. The van der Waals surface area contributed by atoms with E-state index in [0.717, 1.165) is 17.0 Å². The number of carboxylic acids is 1. The first kappa shape index (κ1) is 11.7. The Labute approximate surface area is 108 Å². The molecule has 0 radical (unpaired) electrons. The van der Waals surface area contributed by atoms with E-state index < -0.39 is 5.97 Å². The highest BCUT2D eigenvalue weighted by atomic mass is 16.4. The van der Waals surface area contributed by atoms with Gasteiger partial charge >= 0.3 is 5.97 Å². The number of rotatable bonds is 2. The fourth-order valence-electron chi connectivity index (χ4n) is 2.39. The molecule has 3 rings (SSSR count). The lowest BCUT2D eigenvalue weighted by Gasteiger charge is -2.16. The molecule has 0 saturated heterocycles. The summed E-state index contributed by atoms with van der Waals surface area (Å²) >= 11 is 0. The Bertz CT molecular complexity index is 666. The summed E-state index contributed by atoms with van der Waals surface area (Å²) in [6, 6.07) is 3.13. The molecule has 0 spiro atoms. The van der Waals surface area contributed by atoms with E-state index in [-0.39, 0.29) is 11.5 Å². The Kier molecular flexibility index (Phi) is 2.70. The minimum Gasteiger partial charge on any atom is -0.481 e. The van der Waals surface area contributed by atoms with Crippen molar-refractivity contribution in [2.24, 2.45) is 5.92 Å². The van der Waals surface area contributed by atoms with Gasteiger partial charge in [-0.1, -0.05) is 0 Å². The van der Waals surface area contributed by atoms with Crippen molar-refractivity contribution in [2.45, 2.75) is 19.3 Å². The monoisotopic (exact) mass is 259 g/mol. The van der Waals surface area contributed by atoms with Crippen LogP contribution in [0.2, 0.25) is 0 Å². The van der Waals surface area contributed by atoms with E-state index in [2.05, 4.69) is 15.0 Å². The van der Waals surface area contributed by atoms with Gasteiger partial charge in [0.25, 0.3) is 0 Å². The van der Waals surface area contributed by atoms with Gasteiger partial charge < -0.3 is 15.1 Å². The minimum absolute atomic E-state index is 0.161. The summed E-state index contributed by atoms with van der Waals surface area (Å²) in [6.45, 7) is 0. The number of hydrogen-bond donors (Lipinski definition) is 3. The van der Waals surface area contributed by atoms with Crippen LogP contribution in [0.4, 0.5) is 0 Å². The molecule has 0 amide bonds. The summed E-state index contributed by atoms with van der Waals surface area (Å²) in [4.78, 5) is 32.2. The standard InChI is InChI=1S/C13H13N3O3/c17-11-4-2-8(6-14-11)12-15-9-3-1-7(13(18)19)5-10(9)16-12/h2,4,6-7H,1,3,5H2,(H,14,17)(H,15,16)(H,18,19). The molecule has 2 heterocycles. The van der Waals surface area contributed by atoms with Gasteiger partial charge in [0.2, 0.25) is 5.56 Å². The predicted octanol–water partition coefficient (Wildman–Crippen LogP) is 0.955. The van der Waals surface area contributed by atoms with Crippen LogP contribution in [0.1, 0.15) is 17.8 Å². The van der Waals surface area contributed by atoms with Gasteiger partial charge in [0.15, 0.2) is 0 Å². The van der Waals surface area contributed by atoms with Crippen molar-refractivity contribution in [3.63, 3.8) is 0 Å². The molecule has 1 atom stereocenters. The van der Waals surface area contributed by atoms with Gasteiger partial charge in [0, 0.05) is 29.9 Å². The van der Waals surface area contributed by atoms with Crippen LogP contribution in [0, 0.1) is 5.92 Å². The summed E-state index contributed by atoms with van der Waals surface area (Å²) < 4.78 is 0. The van der Waals surface area contributed by atoms with Crippen molar-refractivity contribution in [1.29, 1.82) is 0 Å². The average Bonchev–Trinajstić information content (AvgIpc) is 2.82. The van der Waals surface area contributed by atoms with Gasteiger partial charge in [0.1, 0.15) is 5.82 Å². The maximum atomic E-state index is 11.0. The Morgan fingerprint density at radius 1 is 1.42 bits per heavy atom. The molecule has 19 heavy (non-hydrogen) atoms. The van der Waals surface area contributed by atoms with Gasteiger partial charge in [-0.3, -0.25) is 9.59 Å². The number of hydrogen-bond acceptors (Lipinski definition) is 3. The first-order valence-corrected chi connectivity index (χ1v) is 6.13. The molecular weight excluding hydrogens is 246 g/mol. The van der Waals surface area contributed by atoms with Gasteiger partial charge in [-0.05, 0) is 18.9 Å². The number of aliphatic carboxylic acids is 1. The fraction of sp³-hybridized carbons (Fsp3) is 0.308. The lowest BCUT2D eigenvalue weighted by Crippen LogP contribution is -2.22. The molecule has 1 aliphatic rings. The molecule has 1 unspecified atom stereocenters. The molecule has 0 fully saturated rings. The number of aromatic amines is 2. The van der Waals surface area contributed by atoms with Crippen LogP contribution in [0.5, 0.6) is 0 Å². The SMILES string of the molecule is O=C(O)C1CCc2nc(-c3ccc(=O)[nH]c3)[nH]c2C1. The van der Waals surface area contributed by atoms with E-state index in [0.29, 0.717) is 25.1 Å². The van der Waals surface area contributed by atoms with Crippen molar-refractivity contribution in [2.75, 3.05) is 0 Å². The zero-order valence-electron chi connectivity index (χ0n) is 10.1. The number of carboxylic acid groups (broad SMARTS) is 1. The quantitative estimate of drug-likeness (QED) is 0.747. The zero-order chi connectivity index (χ0) is 13.4. The molecule has 2 aromatic heterocycles. The number of imidazole rings is 1. The highest BCUT2D eigenvalue weighted by Gasteiger charge is 2.26. The van der Waals surface area contributed by atoms with E-state index >= 15 is 0 Å². The van der Waals surface area contributed by atoms with Crippen LogP contribution in [0.15, 0.2) is 23.1 Å². The maximum absolute atomic E-state index is 11.0. The van der Waals surface area contributed by atoms with Gasteiger partial charge in [0.05, 0.1) is 11.6 Å². The van der Waals surface area contributed by atoms with Crippen LogP contribution in [0.25, 0.3) is 11.4 Å². The minimum atomic E-state index is -0.758. The third kappa shape index (κ3) is 2.16. The zero-order valence-corrected chi connectivity index (χ0v) is 10.1.